The Bertz CT molecular complexity index is 811. The Labute approximate surface area is 176 Å². The molecular weight excluding hydrogens is 452 g/mol. The Morgan fingerprint density at radius 3 is 1.79 bits per heavy atom. The van der Waals surface area contributed by atoms with E-state index in [0.717, 1.165) is 19.2 Å². The second kappa shape index (κ2) is 8.76. The first-order valence-electron chi connectivity index (χ1n) is 8.39. The number of carbonyl (C=O) groups excluding carboxylic acids is 3. The van der Waals surface area contributed by atoms with Gasteiger partial charge < -0.3 is 14.2 Å². The second-order valence-electron chi connectivity index (χ2n) is 7.87. The number of nitro groups is 1. The number of rotatable bonds is 3. The van der Waals surface area contributed by atoms with Gasteiger partial charge in [-0.3, -0.25) is 10.1 Å². The van der Waals surface area contributed by atoms with Crippen molar-refractivity contribution in [3.8, 4) is 0 Å². The van der Waals surface area contributed by atoms with E-state index in [2.05, 4.69) is 20.7 Å². The van der Waals surface area contributed by atoms with Crippen LogP contribution in [0.3, 0.4) is 0 Å². The minimum absolute atomic E-state index is 0.0417. The van der Waals surface area contributed by atoms with Gasteiger partial charge in [0.05, 0.1) is 27.8 Å². The maximum atomic E-state index is 12.8. The van der Waals surface area contributed by atoms with Crippen molar-refractivity contribution in [2.45, 2.75) is 52.7 Å². The van der Waals surface area contributed by atoms with Gasteiger partial charge in [0, 0.05) is 6.07 Å². The molecule has 0 atom stereocenters. The van der Waals surface area contributed by atoms with Crippen LogP contribution in [0.4, 0.5) is 21.0 Å². The van der Waals surface area contributed by atoms with Gasteiger partial charge in [-0.2, -0.15) is 4.90 Å². The summed E-state index contributed by atoms with van der Waals surface area (Å²) in [6.07, 6.45) is -2.35. The molecule has 29 heavy (non-hydrogen) atoms. The van der Waals surface area contributed by atoms with E-state index in [1.165, 1.54) is 0 Å². The van der Waals surface area contributed by atoms with Crippen LogP contribution in [0.5, 0.6) is 0 Å². The Morgan fingerprint density at radius 2 is 1.45 bits per heavy atom. The number of hydrogen-bond acceptors (Lipinski definition) is 8. The van der Waals surface area contributed by atoms with Crippen LogP contribution in [-0.2, 0) is 14.2 Å². The fraction of sp³-hybridized carbons (Fsp3) is 0.500. The predicted octanol–water partition coefficient (Wildman–Crippen LogP) is 4.82. The largest absolute Gasteiger partial charge is 0.465 e. The maximum absolute atomic E-state index is 12.8. The van der Waals surface area contributed by atoms with Gasteiger partial charge in [-0.15, -0.1) is 0 Å². The maximum Gasteiger partial charge on any atom is 0.424 e. The highest BCUT2D eigenvalue weighted by Crippen LogP contribution is 2.35. The normalized spacial score (nSPS) is 11.4. The first-order valence-corrected chi connectivity index (χ1v) is 9.19. The standard InChI is InChI=1S/C18H23BrN2O8/c1-17(2,3)28-15(23)20(16(24)29-18(4,5)6)12-9-13(21(25)26)11(19)8-10(12)14(22)27-7/h8-9H,1-7H3. The molecule has 0 aliphatic rings. The molecule has 2 amide bonds. The van der Waals surface area contributed by atoms with Crippen molar-refractivity contribution in [1.82, 2.24) is 0 Å². The number of ether oxygens (including phenoxy) is 3. The van der Waals surface area contributed by atoms with Crippen LogP contribution in [0.1, 0.15) is 51.9 Å². The topological polar surface area (TPSA) is 125 Å². The number of esters is 1. The quantitative estimate of drug-likeness (QED) is 0.264. The number of nitrogens with zero attached hydrogens (tertiary/aromatic N) is 2. The lowest BCUT2D eigenvalue weighted by Crippen LogP contribution is -2.44. The van der Waals surface area contributed by atoms with Crippen LogP contribution in [0.2, 0.25) is 0 Å². The summed E-state index contributed by atoms with van der Waals surface area (Å²) in [6, 6.07) is 1.98. The molecule has 1 aromatic rings. The van der Waals surface area contributed by atoms with Gasteiger partial charge in [-0.25, -0.2) is 14.4 Å². The van der Waals surface area contributed by atoms with Crippen LogP contribution in [0.15, 0.2) is 16.6 Å². The molecule has 0 saturated heterocycles. The number of halogens is 1. The molecule has 0 fully saturated rings. The lowest BCUT2D eigenvalue weighted by atomic mass is 10.1. The summed E-state index contributed by atoms with van der Waals surface area (Å²) >= 11 is 3.00. The molecule has 10 nitrogen and oxygen atoms in total. The van der Waals surface area contributed by atoms with Gasteiger partial charge in [0.1, 0.15) is 11.2 Å². The summed E-state index contributed by atoms with van der Waals surface area (Å²) < 4.78 is 15.1. The zero-order chi connectivity index (χ0) is 22.7. The van der Waals surface area contributed by atoms with Crippen molar-refractivity contribution >= 4 is 45.5 Å². The average Bonchev–Trinajstić information content (AvgIpc) is 2.51. The molecule has 0 aromatic heterocycles. The summed E-state index contributed by atoms with van der Waals surface area (Å²) in [5.41, 5.74) is -3.16. The molecule has 0 radical (unpaired) electrons. The third-order valence-corrected chi connectivity index (χ3v) is 3.70. The van der Waals surface area contributed by atoms with Crippen molar-refractivity contribution < 1.29 is 33.5 Å². The molecule has 1 rings (SSSR count). The fourth-order valence-corrected chi connectivity index (χ4v) is 2.52. The van der Waals surface area contributed by atoms with Crippen LogP contribution < -0.4 is 4.90 Å². The Balaban J connectivity index is 3.75. The average molecular weight is 475 g/mol. The SMILES string of the molecule is COC(=O)c1cc(Br)c([N+](=O)[O-])cc1N(C(=O)OC(C)(C)C)C(=O)OC(C)(C)C. The van der Waals surface area contributed by atoms with Crippen LogP contribution in [0, 0.1) is 10.1 Å². The third-order valence-electron chi connectivity index (χ3n) is 3.06. The van der Waals surface area contributed by atoms with Crippen molar-refractivity contribution in [3.63, 3.8) is 0 Å². The highest BCUT2D eigenvalue weighted by atomic mass is 79.9. The number of hydrogen-bond donors (Lipinski definition) is 0. The Morgan fingerprint density at radius 1 is 1.00 bits per heavy atom. The second-order valence-corrected chi connectivity index (χ2v) is 8.72. The molecule has 0 aliphatic carbocycles. The molecule has 0 unspecified atom stereocenters. The molecular formula is C18H23BrN2O8. The summed E-state index contributed by atoms with van der Waals surface area (Å²) in [5, 5.41) is 11.4. The van der Waals surface area contributed by atoms with E-state index < -0.39 is 45.7 Å². The van der Waals surface area contributed by atoms with E-state index in [0.29, 0.717) is 4.90 Å². The summed E-state index contributed by atoms with van der Waals surface area (Å²) in [5.74, 6) is -0.923. The van der Waals surface area contributed by atoms with Gasteiger partial charge >= 0.3 is 18.2 Å². The van der Waals surface area contributed by atoms with Crippen molar-refractivity contribution in [1.29, 1.82) is 0 Å². The third kappa shape index (κ3) is 6.70. The minimum Gasteiger partial charge on any atom is -0.465 e. The summed E-state index contributed by atoms with van der Waals surface area (Å²) in [7, 11) is 1.09. The fourth-order valence-electron chi connectivity index (χ4n) is 2.04. The molecule has 0 spiro atoms. The number of amides is 2. The van der Waals surface area contributed by atoms with Gasteiger partial charge in [0.2, 0.25) is 0 Å². The molecule has 0 bridgehead atoms. The smallest absolute Gasteiger partial charge is 0.424 e. The number of imide groups is 1. The molecule has 1 aromatic carbocycles. The Hall–Kier alpha value is -2.69. The highest BCUT2D eigenvalue weighted by Gasteiger charge is 2.37. The van der Waals surface area contributed by atoms with Gasteiger partial charge in [0.25, 0.3) is 5.69 Å². The molecule has 11 heteroatoms. The summed E-state index contributed by atoms with van der Waals surface area (Å²) in [6.45, 7) is 9.44. The molecule has 0 aliphatic heterocycles. The van der Waals surface area contributed by atoms with Crippen molar-refractivity contribution in [2.75, 3.05) is 12.0 Å². The minimum atomic E-state index is -1.17. The first-order chi connectivity index (χ1) is 13.1. The Kier molecular flexibility index (Phi) is 7.36. The number of carbonyl (C=O) groups is 3. The van der Waals surface area contributed by atoms with Crippen LogP contribution in [-0.4, -0.2) is 41.4 Å². The van der Waals surface area contributed by atoms with E-state index in [4.69, 9.17) is 9.47 Å². The van der Waals surface area contributed by atoms with E-state index >= 15 is 0 Å². The predicted molar refractivity (Wildman–Crippen MR) is 107 cm³/mol. The lowest BCUT2D eigenvalue weighted by Gasteiger charge is -2.29. The van der Waals surface area contributed by atoms with Crippen LogP contribution >= 0.6 is 15.9 Å². The number of anilines is 1. The molecule has 0 N–H and O–H groups in total. The van der Waals surface area contributed by atoms with Gasteiger partial charge in [0.15, 0.2) is 0 Å². The zero-order valence-corrected chi connectivity index (χ0v) is 18.8. The highest BCUT2D eigenvalue weighted by molar-refractivity contribution is 9.10. The van der Waals surface area contributed by atoms with Gasteiger partial charge in [-0.1, -0.05) is 0 Å². The van der Waals surface area contributed by atoms with E-state index in [1.54, 1.807) is 41.5 Å². The molecule has 0 heterocycles. The van der Waals surface area contributed by atoms with E-state index in [1.807, 2.05) is 0 Å². The van der Waals surface area contributed by atoms with E-state index in [9.17, 15) is 24.5 Å². The molecule has 0 saturated carbocycles. The van der Waals surface area contributed by atoms with Crippen LogP contribution in [0.25, 0.3) is 0 Å². The van der Waals surface area contributed by atoms with E-state index in [-0.39, 0.29) is 10.0 Å². The molecule has 160 valence electrons. The number of benzene rings is 1. The first kappa shape index (κ1) is 24.3. The zero-order valence-electron chi connectivity index (χ0n) is 17.2. The number of nitro benzene ring substituents is 1. The number of methoxy groups -OCH3 is 1. The lowest BCUT2D eigenvalue weighted by molar-refractivity contribution is -0.385. The van der Waals surface area contributed by atoms with Crippen molar-refractivity contribution in [3.05, 3.63) is 32.3 Å². The van der Waals surface area contributed by atoms with Gasteiger partial charge in [-0.05, 0) is 63.5 Å². The monoisotopic (exact) mass is 474 g/mol. The summed E-state index contributed by atoms with van der Waals surface area (Å²) in [4.78, 5) is 48.9. The van der Waals surface area contributed by atoms with Crippen molar-refractivity contribution in [2.24, 2.45) is 0 Å².